The Morgan fingerprint density at radius 2 is 0.675 bits per heavy atom. The quantitative estimate of drug-likeness (QED) is 0.0200. The van der Waals surface area contributed by atoms with Crippen molar-refractivity contribution in [3.8, 4) is 22.3 Å². The molecule has 0 radical (unpaired) electrons. The zero-order chi connectivity index (χ0) is 60.2. The Labute approximate surface area is 477 Å². The van der Waals surface area contributed by atoms with Crippen molar-refractivity contribution in [1.29, 1.82) is 0 Å². The molecule has 0 atom stereocenters. The average molecular weight is 1150 g/mol. The van der Waals surface area contributed by atoms with E-state index in [1.54, 1.807) is 20.8 Å². The van der Waals surface area contributed by atoms with Gasteiger partial charge in [-0.25, -0.2) is 14.4 Å². The van der Waals surface area contributed by atoms with E-state index in [0.29, 0.717) is 0 Å². The third-order valence-electron chi connectivity index (χ3n) is 11.7. The van der Waals surface area contributed by atoms with E-state index in [1.807, 2.05) is 97.1 Å². The third kappa shape index (κ3) is 22.4. The molecule has 28 heteroatoms. The fourth-order valence-electron chi connectivity index (χ4n) is 8.05. The molecular formula is C55H68N12O16. The van der Waals surface area contributed by atoms with Crippen LogP contribution in [0.25, 0.3) is 22.3 Å². The number of hydrogen-bond donors (Lipinski definition) is 12. The van der Waals surface area contributed by atoms with Gasteiger partial charge in [-0.1, -0.05) is 97.1 Å². The van der Waals surface area contributed by atoms with Gasteiger partial charge in [0, 0.05) is 38.0 Å². The Morgan fingerprint density at radius 3 is 1.00 bits per heavy atom. The number of hydroxylamine groups is 2. The Balaban J connectivity index is 0.000000308. The van der Waals surface area contributed by atoms with Crippen LogP contribution in [0.1, 0.15) is 54.9 Å². The van der Waals surface area contributed by atoms with E-state index in [4.69, 9.17) is 29.6 Å². The second kappa shape index (κ2) is 33.2. The van der Waals surface area contributed by atoms with Gasteiger partial charge in [0.15, 0.2) is 13.2 Å². The lowest BCUT2D eigenvalue weighted by Crippen LogP contribution is -2.45. The summed E-state index contributed by atoms with van der Waals surface area (Å²) in [5.74, 6) is -4.56. The maximum atomic E-state index is 12.1. The number of benzene rings is 4. The van der Waals surface area contributed by atoms with Gasteiger partial charge < -0.3 is 67.8 Å². The van der Waals surface area contributed by atoms with Crippen molar-refractivity contribution in [2.75, 3.05) is 91.9 Å². The SMILES string of the molecule is CC(C)(C)OC(=O)NCC(=O)NCC(=O)NCC(=O)NCCNC(=O)CONC(=O)OCC1c2ccccc2-c2ccccc21.NCC(=O)NCC(=O)NCC(=O)NCCNC(=O)CONC(=O)OCC1c2ccccc2-c2ccccc21. The second-order valence-electron chi connectivity index (χ2n) is 19.0. The molecule has 0 fully saturated rings. The van der Waals surface area contributed by atoms with E-state index >= 15 is 0 Å². The van der Waals surface area contributed by atoms with Gasteiger partial charge >= 0.3 is 18.3 Å². The van der Waals surface area contributed by atoms with Gasteiger partial charge in [0.1, 0.15) is 25.4 Å². The van der Waals surface area contributed by atoms with Gasteiger partial charge in [0.05, 0.1) is 32.7 Å². The second-order valence-corrected chi connectivity index (χ2v) is 19.0. The summed E-state index contributed by atoms with van der Waals surface area (Å²) in [5.41, 5.74) is 17.2. The molecule has 11 amide bonds. The molecule has 13 N–H and O–H groups in total. The Morgan fingerprint density at radius 1 is 0.386 bits per heavy atom. The monoisotopic (exact) mass is 1150 g/mol. The molecule has 0 heterocycles. The van der Waals surface area contributed by atoms with Crippen LogP contribution >= 0.6 is 0 Å². The van der Waals surface area contributed by atoms with Crippen LogP contribution in [0.5, 0.6) is 0 Å². The van der Waals surface area contributed by atoms with Gasteiger partial charge in [0.25, 0.3) is 0 Å². The lowest BCUT2D eigenvalue weighted by molar-refractivity contribution is -0.128. The number of nitrogens with two attached hydrogens (primary N) is 1. The first-order valence-electron chi connectivity index (χ1n) is 26.1. The molecule has 28 nitrogen and oxygen atoms in total. The van der Waals surface area contributed by atoms with Crippen LogP contribution in [-0.2, 0) is 62.2 Å². The smallest absolute Gasteiger partial charge is 0.431 e. The topological polar surface area (TPSA) is 392 Å². The molecule has 0 saturated heterocycles. The predicted molar refractivity (Wildman–Crippen MR) is 296 cm³/mol. The molecule has 0 unspecified atom stereocenters. The summed E-state index contributed by atoms with van der Waals surface area (Å²) in [5, 5.41) is 21.4. The van der Waals surface area contributed by atoms with Crippen molar-refractivity contribution in [1.82, 2.24) is 58.8 Å². The van der Waals surface area contributed by atoms with Crippen LogP contribution in [0.3, 0.4) is 0 Å². The van der Waals surface area contributed by atoms with Crippen molar-refractivity contribution in [2.45, 2.75) is 38.2 Å². The van der Waals surface area contributed by atoms with Gasteiger partial charge in [-0.05, 0) is 65.3 Å². The number of ether oxygens (including phenoxy) is 3. The van der Waals surface area contributed by atoms with Gasteiger partial charge in [-0.3, -0.25) is 48.0 Å². The molecule has 0 saturated carbocycles. The summed E-state index contributed by atoms with van der Waals surface area (Å²) in [6, 6.07) is 31.7. The lowest BCUT2D eigenvalue weighted by atomic mass is 9.98. The summed E-state index contributed by atoms with van der Waals surface area (Å²) in [4.78, 5) is 139. The van der Waals surface area contributed by atoms with Gasteiger partial charge in [-0.2, -0.15) is 11.0 Å². The van der Waals surface area contributed by atoms with Crippen molar-refractivity contribution in [3.63, 3.8) is 0 Å². The first-order chi connectivity index (χ1) is 39.8. The van der Waals surface area contributed by atoms with E-state index in [1.165, 1.54) is 0 Å². The largest absolute Gasteiger partial charge is 0.447 e. The highest BCUT2D eigenvalue weighted by Gasteiger charge is 2.30. The highest BCUT2D eigenvalue weighted by atomic mass is 16.7. The van der Waals surface area contributed by atoms with Crippen LogP contribution in [0.2, 0.25) is 0 Å². The molecule has 0 aromatic heterocycles. The highest BCUT2D eigenvalue weighted by molar-refractivity contribution is 5.90. The summed E-state index contributed by atoms with van der Waals surface area (Å²) in [6.45, 7) is 2.66. The maximum Gasteiger partial charge on any atom is 0.431 e. The van der Waals surface area contributed by atoms with Crippen molar-refractivity contribution >= 4 is 65.5 Å². The first-order valence-corrected chi connectivity index (χ1v) is 26.1. The summed E-state index contributed by atoms with van der Waals surface area (Å²) in [7, 11) is 0. The Kier molecular flexibility index (Phi) is 25.6. The number of nitrogens with one attached hydrogen (secondary N) is 11. The average Bonchev–Trinajstić information content (AvgIpc) is 3.31. The normalized spacial score (nSPS) is 11.6. The molecule has 2 aliphatic carbocycles. The number of fused-ring (bicyclic) bond motifs is 6. The number of carbonyl (C=O) groups excluding carboxylic acids is 11. The molecule has 444 valence electrons. The number of amides is 11. The van der Waals surface area contributed by atoms with Crippen molar-refractivity contribution in [2.24, 2.45) is 5.73 Å². The fourth-order valence-corrected chi connectivity index (χ4v) is 8.05. The number of rotatable bonds is 27. The molecular weight excluding hydrogens is 1080 g/mol. The molecule has 6 rings (SSSR count). The van der Waals surface area contributed by atoms with E-state index in [2.05, 4.69) is 58.8 Å². The molecule has 2 aliphatic rings. The van der Waals surface area contributed by atoms with E-state index in [9.17, 15) is 52.7 Å². The van der Waals surface area contributed by atoms with Crippen LogP contribution in [0.4, 0.5) is 14.4 Å². The summed E-state index contributed by atoms with van der Waals surface area (Å²) < 4.78 is 15.6. The Bertz CT molecular complexity index is 2860. The van der Waals surface area contributed by atoms with E-state index in [-0.39, 0.29) is 84.0 Å². The predicted octanol–water partition coefficient (Wildman–Crippen LogP) is -0.674. The molecule has 0 bridgehead atoms. The third-order valence-corrected chi connectivity index (χ3v) is 11.7. The molecule has 4 aromatic rings. The number of hydrogen-bond acceptors (Lipinski definition) is 17. The standard InChI is InChI=1S/C30H38N6O9.C25H30N6O7/c1-30(2,3)45-28(41)35-16-26(39)34-15-25(38)33-14-24(37)31-12-13-32-27(40)18-44-36-29(42)43-17-23-21-10-6-4-8-19(21)20-9-5-7-11-22(20)23;26-11-21(32)29-13-23(34)30-12-22(33)27-9-10-28-24(35)15-38-31-25(36)37-14-20-18-7-3-1-5-16(18)17-6-2-4-8-19(17)20/h4-11,23H,12-18H2,1-3H3,(H,31,37)(H,32,40)(H,33,38)(H,34,39)(H,35,41)(H,36,42);1-8,20H,9-15,26H2,(H,27,33)(H,28,35)(H,29,32)(H,30,34)(H,31,36). The summed E-state index contributed by atoms with van der Waals surface area (Å²) >= 11 is 0. The van der Waals surface area contributed by atoms with Crippen LogP contribution in [0, 0.1) is 0 Å². The minimum atomic E-state index is -0.837. The minimum absolute atomic E-state index is 0.0628. The van der Waals surface area contributed by atoms with Crippen molar-refractivity contribution < 1.29 is 76.6 Å². The fraction of sp³-hybridized carbons (Fsp3) is 0.364. The zero-order valence-corrected chi connectivity index (χ0v) is 45.9. The maximum absolute atomic E-state index is 12.1. The van der Waals surface area contributed by atoms with Crippen LogP contribution < -0.4 is 64.5 Å². The summed E-state index contributed by atoms with van der Waals surface area (Å²) in [6.07, 6.45) is -2.43. The van der Waals surface area contributed by atoms with Crippen molar-refractivity contribution in [3.05, 3.63) is 119 Å². The highest BCUT2D eigenvalue weighted by Crippen LogP contribution is 2.45. The zero-order valence-electron chi connectivity index (χ0n) is 45.9. The number of alkyl carbamates (subject to hydrolysis) is 1. The van der Waals surface area contributed by atoms with Crippen LogP contribution in [-0.4, -0.2) is 163 Å². The molecule has 4 aromatic carbocycles. The van der Waals surface area contributed by atoms with Crippen LogP contribution in [0.15, 0.2) is 97.1 Å². The number of carbonyl (C=O) groups is 11. The first kappa shape index (κ1) is 64.2. The molecule has 83 heavy (non-hydrogen) atoms. The molecule has 0 aliphatic heterocycles. The van der Waals surface area contributed by atoms with E-state index in [0.717, 1.165) is 44.5 Å². The van der Waals surface area contributed by atoms with E-state index < -0.39 is 90.9 Å². The Hall–Kier alpha value is -9.67. The van der Waals surface area contributed by atoms with Gasteiger partial charge in [-0.15, -0.1) is 0 Å². The molecule has 0 spiro atoms. The lowest BCUT2D eigenvalue weighted by Gasteiger charge is -2.19. The minimum Gasteiger partial charge on any atom is -0.447 e. The van der Waals surface area contributed by atoms with Gasteiger partial charge in [0.2, 0.25) is 47.3 Å².